The van der Waals surface area contributed by atoms with Crippen molar-refractivity contribution in [3.63, 3.8) is 0 Å². The highest BCUT2D eigenvalue weighted by Crippen LogP contribution is 2.31. The summed E-state index contributed by atoms with van der Waals surface area (Å²) in [5.74, 6) is 0. The van der Waals surface area contributed by atoms with E-state index in [1.165, 1.54) is 11.3 Å². The molecule has 2 heteroatoms. The molecule has 70 valence electrons. The number of anilines is 1. The lowest BCUT2D eigenvalue weighted by atomic mass is 9.81. The summed E-state index contributed by atoms with van der Waals surface area (Å²) < 4.78 is 0. The number of aliphatic hydroxyl groups is 1. The summed E-state index contributed by atoms with van der Waals surface area (Å²) in [4.78, 5) is 0. The monoisotopic (exact) mass is 177 g/mol. The highest BCUT2D eigenvalue weighted by Gasteiger charge is 2.28. The van der Waals surface area contributed by atoms with Crippen molar-refractivity contribution in [1.82, 2.24) is 0 Å². The zero-order chi connectivity index (χ0) is 9.31. The normalized spacial score (nSPS) is 26.3. The minimum Gasteiger partial charge on any atom is -0.396 e. The Morgan fingerprint density at radius 3 is 3.00 bits per heavy atom. The largest absolute Gasteiger partial charge is 0.396 e. The van der Waals surface area contributed by atoms with Gasteiger partial charge in [-0.2, -0.15) is 0 Å². The molecule has 1 aromatic carbocycles. The van der Waals surface area contributed by atoms with Gasteiger partial charge in [0.1, 0.15) is 0 Å². The molecule has 0 aromatic heterocycles. The molecule has 0 saturated heterocycles. The maximum absolute atomic E-state index is 9.24. The van der Waals surface area contributed by atoms with E-state index in [0.717, 1.165) is 13.0 Å². The lowest BCUT2D eigenvalue weighted by molar-refractivity contribution is 0.150. The number of fused-ring (bicyclic) bond motifs is 1. The van der Waals surface area contributed by atoms with Crippen LogP contribution in [-0.2, 0) is 6.42 Å². The van der Waals surface area contributed by atoms with Gasteiger partial charge in [-0.3, -0.25) is 0 Å². The highest BCUT2D eigenvalue weighted by molar-refractivity contribution is 5.53. The number of benzene rings is 1. The molecule has 0 bridgehead atoms. The molecule has 0 fully saturated rings. The fourth-order valence-corrected chi connectivity index (χ4v) is 1.79. The van der Waals surface area contributed by atoms with E-state index < -0.39 is 0 Å². The van der Waals surface area contributed by atoms with Crippen LogP contribution in [0.5, 0.6) is 0 Å². The molecular weight excluding hydrogens is 162 g/mol. The van der Waals surface area contributed by atoms with Crippen molar-refractivity contribution in [2.75, 3.05) is 18.5 Å². The second kappa shape index (κ2) is 3.04. The lowest BCUT2D eigenvalue weighted by Crippen LogP contribution is -2.36. The second-order valence-corrected chi connectivity index (χ2v) is 4.16. The molecule has 1 aliphatic rings. The van der Waals surface area contributed by atoms with E-state index in [-0.39, 0.29) is 12.0 Å². The van der Waals surface area contributed by atoms with Crippen LogP contribution in [-0.4, -0.2) is 18.3 Å². The molecule has 1 unspecified atom stereocenters. The number of hydrogen-bond acceptors (Lipinski definition) is 2. The molecule has 1 heterocycles. The van der Waals surface area contributed by atoms with Crippen molar-refractivity contribution in [3.8, 4) is 0 Å². The van der Waals surface area contributed by atoms with Gasteiger partial charge in [0.25, 0.3) is 0 Å². The van der Waals surface area contributed by atoms with E-state index in [1.54, 1.807) is 0 Å². The van der Waals surface area contributed by atoms with Gasteiger partial charge in [0.05, 0.1) is 6.61 Å². The first-order chi connectivity index (χ1) is 6.23. The van der Waals surface area contributed by atoms with Crippen molar-refractivity contribution in [1.29, 1.82) is 0 Å². The highest BCUT2D eigenvalue weighted by atomic mass is 16.3. The topological polar surface area (TPSA) is 32.3 Å². The zero-order valence-electron chi connectivity index (χ0n) is 7.88. The number of para-hydroxylation sites is 1. The van der Waals surface area contributed by atoms with E-state index in [4.69, 9.17) is 0 Å². The molecule has 0 amide bonds. The maximum atomic E-state index is 9.24. The SMILES string of the molecule is CC1(CO)CNc2ccccc2C1. The van der Waals surface area contributed by atoms with Crippen LogP contribution in [0.2, 0.25) is 0 Å². The predicted octanol–water partition coefficient (Wildman–Crippen LogP) is 1.65. The minimum absolute atomic E-state index is 0.00829. The molecule has 0 radical (unpaired) electrons. The quantitative estimate of drug-likeness (QED) is 0.683. The molecule has 2 rings (SSSR count). The molecule has 0 spiro atoms. The van der Waals surface area contributed by atoms with E-state index >= 15 is 0 Å². The molecule has 2 N–H and O–H groups in total. The van der Waals surface area contributed by atoms with Crippen molar-refractivity contribution in [3.05, 3.63) is 29.8 Å². The Bertz CT molecular complexity index is 311. The molecule has 13 heavy (non-hydrogen) atoms. The van der Waals surface area contributed by atoms with E-state index in [2.05, 4.69) is 24.4 Å². The second-order valence-electron chi connectivity index (χ2n) is 4.16. The van der Waals surface area contributed by atoms with Gasteiger partial charge < -0.3 is 10.4 Å². The number of aliphatic hydroxyl groups excluding tert-OH is 1. The molecular formula is C11H15NO. The van der Waals surface area contributed by atoms with E-state index in [0.29, 0.717) is 0 Å². The van der Waals surface area contributed by atoms with Crippen LogP contribution in [0.1, 0.15) is 12.5 Å². The summed E-state index contributed by atoms with van der Waals surface area (Å²) in [6.07, 6.45) is 0.965. The molecule has 0 saturated carbocycles. The Labute approximate surface area is 78.6 Å². The summed E-state index contributed by atoms with van der Waals surface area (Å²) in [6.45, 7) is 3.21. The predicted molar refractivity (Wildman–Crippen MR) is 53.8 cm³/mol. The summed E-state index contributed by atoms with van der Waals surface area (Å²) in [6, 6.07) is 8.29. The smallest absolute Gasteiger partial charge is 0.0504 e. The molecule has 2 nitrogen and oxygen atoms in total. The van der Waals surface area contributed by atoms with Crippen molar-refractivity contribution in [2.45, 2.75) is 13.3 Å². The van der Waals surface area contributed by atoms with Crippen molar-refractivity contribution >= 4 is 5.69 Å². The van der Waals surface area contributed by atoms with Gasteiger partial charge in [0, 0.05) is 17.6 Å². The fourth-order valence-electron chi connectivity index (χ4n) is 1.79. The number of nitrogens with one attached hydrogen (secondary N) is 1. The van der Waals surface area contributed by atoms with Gasteiger partial charge in [-0.05, 0) is 18.1 Å². The van der Waals surface area contributed by atoms with Crippen molar-refractivity contribution < 1.29 is 5.11 Å². The minimum atomic E-state index is 0.00829. The Morgan fingerprint density at radius 1 is 1.46 bits per heavy atom. The van der Waals surface area contributed by atoms with Gasteiger partial charge >= 0.3 is 0 Å². The number of rotatable bonds is 1. The summed E-state index contributed by atoms with van der Waals surface area (Å²) in [7, 11) is 0. The van der Waals surface area contributed by atoms with Crippen molar-refractivity contribution in [2.24, 2.45) is 5.41 Å². The van der Waals surface area contributed by atoms with Gasteiger partial charge in [-0.1, -0.05) is 25.1 Å². The number of hydrogen-bond donors (Lipinski definition) is 2. The van der Waals surface area contributed by atoms with Gasteiger partial charge in [0.2, 0.25) is 0 Å². The fraction of sp³-hybridized carbons (Fsp3) is 0.455. The van der Waals surface area contributed by atoms with Crippen LogP contribution in [0.25, 0.3) is 0 Å². The van der Waals surface area contributed by atoms with Crippen LogP contribution in [0.4, 0.5) is 5.69 Å². The first-order valence-corrected chi connectivity index (χ1v) is 4.66. The maximum Gasteiger partial charge on any atom is 0.0504 e. The Morgan fingerprint density at radius 2 is 2.23 bits per heavy atom. The summed E-state index contributed by atoms with van der Waals surface area (Å²) >= 11 is 0. The summed E-state index contributed by atoms with van der Waals surface area (Å²) in [5.41, 5.74) is 2.53. The van der Waals surface area contributed by atoms with Crippen LogP contribution in [0, 0.1) is 5.41 Å². The van der Waals surface area contributed by atoms with Crippen LogP contribution >= 0.6 is 0 Å². The molecule has 1 atom stereocenters. The Kier molecular flexibility index (Phi) is 2.00. The van der Waals surface area contributed by atoms with Gasteiger partial charge in [0.15, 0.2) is 0 Å². The molecule has 1 aliphatic heterocycles. The summed E-state index contributed by atoms with van der Waals surface area (Å²) in [5, 5.41) is 12.6. The third-order valence-electron chi connectivity index (χ3n) is 2.72. The Balaban J connectivity index is 2.29. The average molecular weight is 177 g/mol. The standard InChI is InChI=1S/C11H15NO/c1-11(8-13)6-9-4-2-3-5-10(9)12-7-11/h2-5,12-13H,6-8H2,1H3. The first-order valence-electron chi connectivity index (χ1n) is 4.66. The molecule has 0 aliphatic carbocycles. The first kappa shape index (κ1) is 8.57. The lowest BCUT2D eigenvalue weighted by Gasteiger charge is -2.34. The third-order valence-corrected chi connectivity index (χ3v) is 2.72. The van der Waals surface area contributed by atoms with Gasteiger partial charge in [-0.15, -0.1) is 0 Å². The molecule has 1 aromatic rings. The van der Waals surface area contributed by atoms with Crippen LogP contribution in [0.15, 0.2) is 24.3 Å². The van der Waals surface area contributed by atoms with Crippen LogP contribution in [0.3, 0.4) is 0 Å². The average Bonchev–Trinajstić information content (AvgIpc) is 2.18. The zero-order valence-corrected chi connectivity index (χ0v) is 7.88. The van der Waals surface area contributed by atoms with Crippen LogP contribution < -0.4 is 5.32 Å². The van der Waals surface area contributed by atoms with E-state index in [1.807, 2.05) is 12.1 Å². The third kappa shape index (κ3) is 1.54. The van der Waals surface area contributed by atoms with Gasteiger partial charge in [-0.25, -0.2) is 0 Å². The van der Waals surface area contributed by atoms with E-state index in [9.17, 15) is 5.11 Å². The Hall–Kier alpha value is -1.02.